The van der Waals surface area contributed by atoms with Gasteiger partial charge in [0.05, 0.1) is 5.69 Å². The molecule has 3 heterocycles. The molecule has 28 heavy (non-hydrogen) atoms. The zero-order valence-electron chi connectivity index (χ0n) is 16.8. The lowest BCUT2D eigenvalue weighted by molar-refractivity contribution is 0.0172. The van der Waals surface area contributed by atoms with Crippen LogP contribution in [0.15, 0.2) is 37.1 Å². The number of imidazole rings is 1. The van der Waals surface area contributed by atoms with E-state index in [1.54, 1.807) is 35.4 Å². The monoisotopic (exact) mass is 385 g/mol. The van der Waals surface area contributed by atoms with Crippen molar-refractivity contribution in [2.45, 2.75) is 45.3 Å². The summed E-state index contributed by atoms with van der Waals surface area (Å²) in [5.41, 5.74) is 1.13. The predicted octanol–water partition coefficient (Wildman–Crippen LogP) is 3.24. The predicted molar refractivity (Wildman–Crippen MR) is 105 cm³/mol. The second-order valence-electron chi connectivity index (χ2n) is 7.99. The smallest absolute Gasteiger partial charge is 0.410 e. The van der Waals surface area contributed by atoms with Gasteiger partial charge in [-0.25, -0.2) is 14.6 Å². The molecule has 0 radical (unpaired) electrons. The van der Waals surface area contributed by atoms with Gasteiger partial charge in [0.15, 0.2) is 0 Å². The Bertz CT molecular complexity index is 820. The van der Waals surface area contributed by atoms with Crippen LogP contribution in [0.25, 0.3) is 11.3 Å². The summed E-state index contributed by atoms with van der Waals surface area (Å²) in [6.07, 6.45) is 7.79. The van der Waals surface area contributed by atoms with Crippen LogP contribution < -0.4 is 0 Å². The Morgan fingerprint density at radius 2 is 1.82 bits per heavy atom. The van der Waals surface area contributed by atoms with Gasteiger partial charge in [-0.2, -0.15) is 0 Å². The summed E-state index contributed by atoms with van der Waals surface area (Å²) >= 11 is 0. The van der Waals surface area contributed by atoms with Gasteiger partial charge in [0.1, 0.15) is 11.9 Å². The molecule has 0 bridgehead atoms. The van der Waals surface area contributed by atoms with E-state index in [0.29, 0.717) is 25.9 Å². The molecule has 1 fully saturated rings. The zero-order valence-corrected chi connectivity index (χ0v) is 16.8. The van der Waals surface area contributed by atoms with Crippen molar-refractivity contribution >= 4 is 12.1 Å². The van der Waals surface area contributed by atoms with Gasteiger partial charge < -0.3 is 14.5 Å². The van der Waals surface area contributed by atoms with Gasteiger partial charge in [0.25, 0.3) is 0 Å². The number of hydrogen-bond acceptors (Lipinski definition) is 5. The van der Waals surface area contributed by atoms with E-state index in [0.717, 1.165) is 11.3 Å². The SMILES string of the molecule is CN(C(=O)n1cnc(-c2ccncc2)c1)C1CCN(C(=O)OC(C)(C)C)CC1. The van der Waals surface area contributed by atoms with Gasteiger partial charge in [-0.3, -0.25) is 9.55 Å². The zero-order chi connectivity index (χ0) is 20.3. The minimum Gasteiger partial charge on any atom is -0.444 e. The van der Waals surface area contributed by atoms with Gasteiger partial charge in [0, 0.05) is 50.3 Å². The highest BCUT2D eigenvalue weighted by Gasteiger charge is 2.30. The maximum atomic E-state index is 12.8. The summed E-state index contributed by atoms with van der Waals surface area (Å²) in [5.74, 6) is 0. The van der Waals surface area contributed by atoms with Gasteiger partial charge >= 0.3 is 12.1 Å². The first-order chi connectivity index (χ1) is 13.2. The van der Waals surface area contributed by atoms with Crippen LogP contribution in [0.5, 0.6) is 0 Å². The quantitative estimate of drug-likeness (QED) is 0.793. The Balaban J connectivity index is 1.58. The number of piperidine rings is 1. The molecular formula is C20H27N5O3. The highest BCUT2D eigenvalue weighted by molar-refractivity contribution is 5.78. The first-order valence-electron chi connectivity index (χ1n) is 9.44. The van der Waals surface area contributed by atoms with Crippen LogP contribution >= 0.6 is 0 Å². The second-order valence-corrected chi connectivity index (χ2v) is 7.99. The molecule has 1 aliphatic rings. The Morgan fingerprint density at radius 3 is 2.43 bits per heavy atom. The molecule has 0 aliphatic carbocycles. The van der Waals surface area contributed by atoms with E-state index in [4.69, 9.17) is 4.74 Å². The lowest BCUT2D eigenvalue weighted by atomic mass is 10.0. The minimum atomic E-state index is -0.505. The number of rotatable bonds is 2. The maximum Gasteiger partial charge on any atom is 0.410 e. The summed E-state index contributed by atoms with van der Waals surface area (Å²) in [5, 5.41) is 0. The normalized spacial score (nSPS) is 15.4. The lowest BCUT2D eigenvalue weighted by Crippen LogP contribution is -2.49. The number of hydrogen-bond donors (Lipinski definition) is 0. The second kappa shape index (κ2) is 8.00. The number of likely N-dealkylation sites (tertiary alicyclic amines) is 1. The van der Waals surface area contributed by atoms with E-state index in [1.165, 1.54) is 10.9 Å². The minimum absolute atomic E-state index is 0.0676. The number of pyridine rings is 1. The Morgan fingerprint density at radius 1 is 1.18 bits per heavy atom. The highest BCUT2D eigenvalue weighted by Crippen LogP contribution is 2.20. The number of carbonyl (C=O) groups is 2. The molecule has 0 atom stereocenters. The molecular weight excluding hydrogens is 358 g/mol. The fourth-order valence-electron chi connectivity index (χ4n) is 3.20. The molecule has 8 nitrogen and oxygen atoms in total. The number of aromatic nitrogens is 3. The summed E-state index contributed by atoms with van der Waals surface area (Å²) in [6, 6.07) is 3.64. The van der Waals surface area contributed by atoms with Crippen molar-refractivity contribution in [2.24, 2.45) is 0 Å². The highest BCUT2D eigenvalue weighted by atomic mass is 16.6. The molecule has 2 aromatic heterocycles. The molecule has 1 aliphatic heterocycles. The topological polar surface area (TPSA) is 80.6 Å². The summed E-state index contributed by atoms with van der Waals surface area (Å²) in [6.45, 7) is 6.72. The summed E-state index contributed by atoms with van der Waals surface area (Å²) < 4.78 is 6.92. The van der Waals surface area contributed by atoms with Crippen LogP contribution in [-0.2, 0) is 4.74 Å². The molecule has 0 N–H and O–H groups in total. The molecule has 0 spiro atoms. The van der Waals surface area contributed by atoms with E-state index < -0.39 is 5.60 Å². The van der Waals surface area contributed by atoms with Gasteiger partial charge in [-0.1, -0.05) is 0 Å². The van der Waals surface area contributed by atoms with E-state index >= 15 is 0 Å². The van der Waals surface area contributed by atoms with Crippen molar-refractivity contribution in [2.75, 3.05) is 20.1 Å². The van der Waals surface area contributed by atoms with Crippen LogP contribution in [0.3, 0.4) is 0 Å². The number of amides is 2. The van der Waals surface area contributed by atoms with Crippen LogP contribution in [0.2, 0.25) is 0 Å². The van der Waals surface area contributed by atoms with Crippen LogP contribution in [0, 0.1) is 0 Å². The van der Waals surface area contributed by atoms with Crippen molar-refractivity contribution in [1.82, 2.24) is 24.3 Å². The van der Waals surface area contributed by atoms with Crippen molar-refractivity contribution in [1.29, 1.82) is 0 Å². The maximum absolute atomic E-state index is 12.8. The van der Waals surface area contributed by atoms with Crippen molar-refractivity contribution < 1.29 is 14.3 Å². The molecule has 3 rings (SSSR count). The number of ether oxygens (including phenoxy) is 1. The number of carbonyl (C=O) groups excluding carboxylic acids is 2. The van der Waals surface area contributed by atoms with E-state index in [2.05, 4.69) is 9.97 Å². The average molecular weight is 385 g/mol. The molecule has 2 aromatic rings. The Hall–Kier alpha value is -2.90. The molecule has 1 saturated heterocycles. The van der Waals surface area contributed by atoms with Crippen molar-refractivity contribution in [3.63, 3.8) is 0 Å². The van der Waals surface area contributed by atoms with Gasteiger partial charge in [0.2, 0.25) is 0 Å². The molecule has 2 amide bonds. The third-order valence-corrected chi connectivity index (χ3v) is 4.75. The first-order valence-corrected chi connectivity index (χ1v) is 9.44. The standard InChI is InChI=1S/C20H27N5O3/c1-20(2,3)28-19(27)24-11-7-16(8-12-24)23(4)18(26)25-13-17(22-14-25)15-5-9-21-10-6-15/h5-6,9-10,13-14,16H,7-8,11-12H2,1-4H3. The van der Waals surface area contributed by atoms with Crippen molar-refractivity contribution in [3.8, 4) is 11.3 Å². The fraction of sp³-hybridized carbons (Fsp3) is 0.500. The van der Waals surface area contributed by atoms with Crippen LogP contribution in [0.1, 0.15) is 33.6 Å². The third kappa shape index (κ3) is 4.68. The lowest BCUT2D eigenvalue weighted by Gasteiger charge is -2.37. The molecule has 150 valence electrons. The summed E-state index contributed by atoms with van der Waals surface area (Å²) in [4.78, 5) is 36.8. The molecule has 0 unspecified atom stereocenters. The van der Waals surface area contributed by atoms with Crippen LogP contribution in [0.4, 0.5) is 9.59 Å². The Labute approximate surface area is 165 Å². The number of nitrogens with zero attached hydrogens (tertiary/aromatic N) is 5. The molecule has 0 saturated carbocycles. The van der Waals surface area contributed by atoms with Gasteiger partial charge in [-0.05, 0) is 45.7 Å². The summed E-state index contributed by atoms with van der Waals surface area (Å²) in [7, 11) is 1.79. The third-order valence-electron chi connectivity index (χ3n) is 4.75. The molecule has 8 heteroatoms. The fourth-order valence-corrected chi connectivity index (χ4v) is 3.20. The molecule has 0 aromatic carbocycles. The first kappa shape index (κ1) is 19.9. The Kier molecular flexibility index (Phi) is 5.67. The van der Waals surface area contributed by atoms with E-state index in [-0.39, 0.29) is 18.2 Å². The van der Waals surface area contributed by atoms with E-state index in [9.17, 15) is 9.59 Å². The van der Waals surface area contributed by atoms with Gasteiger partial charge in [-0.15, -0.1) is 0 Å². The van der Waals surface area contributed by atoms with E-state index in [1.807, 2.05) is 32.9 Å². The average Bonchev–Trinajstić information content (AvgIpc) is 3.16. The largest absolute Gasteiger partial charge is 0.444 e. The van der Waals surface area contributed by atoms with Crippen LogP contribution in [-0.4, -0.2) is 68.2 Å². The van der Waals surface area contributed by atoms with Crippen molar-refractivity contribution in [3.05, 3.63) is 37.1 Å².